The van der Waals surface area contributed by atoms with E-state index in [0.717, 1.165) is 14.2 Å². The predicted molar refractivity (Wildman–Crippen MR) is 79.1 cm³/mol. The molecule has 19 heavy (non-hydrogen) atoms. The molecule has 0 N–H and O–H groups in total. The fraction of sp³-hybridized carbons (Fsp3) is 0.273. The molecule has 0 saturated heterocycles. The fourth-order valence-electron chi connectivity index (χ4n) is 1.44. The van der Waals surface area contributed by atoms with Crippen molar-refractivity contribution < 1.29 is 4.92 Å². The molecule has 0 saturated carbocycles. The molecule has 0 aliphatic carbocycles. The highest BCUT2D eigenvalue weighted by atomic mass is 32.2. The lowest BCUT2D eigenvalue weighted by atomic mass is 10.1. The van der Waals surface area contributed by atoms with Gasteiger partial charge in [-0.1, -0.05) is 47.0 Å². The molecule has 0 amide bonds. The summed E-state index contributed by atoms with van der Waals surface area (Å²) in [4.78, 5) is 10.4. The van der Waals surface area contributed by atoms with Gasteiger partial charge in [0.1, 0.15) is 0 Å². The first-order valence-electron chi connectivity index (χ1n) is 5.38. The SMILES string of the molecule is CSc1nnc(SC(C)c2cccc([N+](=O)[O-])c2)s1. The molecule has 0 aliphatic heterocycles. The summed E-state index contributed by atoms with van der Waals surface area (Å²) in [5.74, 6) is 0. The zero-order valence-corrected chi connectivity index (χ0v) is 12.7. The van der Waals surface area contributed by atoms with E-state index < -0.39 is 0 Å². The Hall–Kier alpha value is -1.12. The van der Waals surface area contributed by atoms with E-state index in [2.05, 4.69) is 10.2 Å². The van der Waals surface area contributed by atoms with Crippen LogP contribution in [0.5, 0.6) is 0 Å². The minimum atomic E-state index is -0.377. The molecule has 100 valence electrons. The van der Waals surface area contributed by atoms with Crippen LogP contribution in [0.3, 0.4) is 0 Å². The first-order chi connectivity index (χ1) is 9.10. The highest BCUT2D eigenvalue weighted by molar-refractivity contribution is 8.03. The lowest BCUT2D eigenvalue weighted by Crippen LogP contribution is -1.92. The number of benzene rings is 1. The number of aromatic nitrogens is 2. The zero-order chi connectivity index (χ0) is 13.8. The largest absolute Gasteiger partial charge is 0.269 e. The normalized spacial score (nSPS) is 12.3. The van der Waals surface area contributed by atoms with Gasteiger partial charge in [0.15, 0.2) is 8.68 Å². The average molecular weight is 313 g/mol. The number of hydrogen-bond donors (Lipinski definition) is 0. The van der Waals surface area contributed by atoms with Crippen LogP contribution in [0.25, 0.3) is 0 Å². The van der Waals surface area contributed by atoms with E-state index in [9.17, 15) is 10.1 Å². The van der Waals surface area contributed by atoms with Crippen molar-refractivity contribution in [3.05, 3.63) is 39.9 Å². The van der Waals surface area contributed by atoms with Gasteiger partial charge in [-0.2, -0.15) is 0 Å². The third kappa shape index (κ3) is 3.68. The molecule has 1 unspecified atom stereocenters. The maximum absolute atomic E-state index is 10.8. The number of hydrogen-bond acceptors (Lipinski definition) is 7. The van der Waals surface area contributed by atoms with Crippen LogP contribution in [0.4, 0.5) is 5.69 Å². The van der Waals surface area contributed by atoms with Crippen LogP contribution in [0.15, 0.2) is 32.9 Å². The van der Waals surface area contributed by atoms with E-state index in [0.29, 0.717) is 0 Å². The number of nitrogens with zero attached hydrogens (tertiary/aromatic N) is 3. The van der Waals surface area contributed by atoms with Crippen LogP contribution in [-0.2, 0) is 0 Å². The van der Waals surface area contributed by atoms with Gasteiger partial charge < -0.3 is 0 Å². The summed E-state index contributed by atoms with van der Waals surface area (Å²) in [6, 6.07) is 6.70. The second kappa shape index (κ2) is 6.36. The Balaban J connectivity index is 2.12. The summed E-state index contributed by atoms with van der Waals surface area (Å²) in [5, 5.41) is 19.0. The van der Waals surface area contributed by atoms with Crippen LogP contribution in [-0.4, -0.2) is 21.4 Å². The third-order valence-electron chi connectivity index (χ3n) is 2.39. The molecule has 1 heterocycles. The molecule has 0 spiro atoms. The molecule has 1 aromatic heterocycles. The van der Waals surface area contributed by atoms with Crippen molar-refractivity contribution in [3.63, 3.8) is 0 Å². The Morgan fingerprint density at radius 2 is 2.11 bits per heavy atom. The van der Waals surface area contributed by atoms with E-state index in [1.54, 1.807) is 35.7 Å². The summed E-state index contributed by atoms with van der Waals surface area (Å²) < 4.78 is 1.80. The highest BCUT2D eigenvalue weighted by Gasteiger charge is 2.14. The monoisotopic (exact) mass is 313 g/mol. The molecule has 5 nitrogen and oxygen atoms in total. The highest BCUT2D eigenvalue weighted by Crippen LogP contribution is 2.38. The van der Waals surface area contributed by atoms with Gasteiger partial charge in [-0.25, -0.2) is 0 Å². The molecule has 0 radical (unpaired) electrons. The summed E-state index contributed by atoms with van der Waals surface area (Å²) in [5.41, 5.74) is 1.03. The number of nitro benzene ring substituents is 1. The maximum Gasteiger partial charge on any atom is 0.269 e. The number of rotatable bonds is 5. The Bertz CT molecular complexity index is 588. The second-order valence-corrected chi connectivity index (χ2v) is 7.27. The van der Waals surface area contributed by atoms with Crippen molar-refractivity contribution in [1.82, 2.24) is 10.2 Å². The Morgan fingerprint density at radius 3 is 2.74 bits per heavy atom. The van der Waals surface area contributed by atoms with Crippen molar-refractivity contribution in [2.24, 2.45) is 0 Å². The summed E-state index contributed by atoms with van der Waals surface area (Å²) >= 11 is 4.66. The van der Waals surface area contributed by atoms with E-state index in [-0.39, 0.29) is 15.9 Å². The minimum absolute atomic E-state index is 0.0996. The summed E-state index contributed by atoms with van der Waals surface area (Å²) in [6.07, 6.45) is 1.96. The van der Waals surface area contributed by atoms with Gasteiger partial charge in [-0.3, -0.25) is 10.1 Å². The summed E-state index contributed by atoms with van der Waals surface area (Å²) in [6.45, 7) is 2.00. The molecule has 2 rings (SSSR count). The standard InChI is InChI=1S/C11H11N3O2S3/c1-7(18-11-13-12-10(17-2)19-11)8-4-3-5-9(6-8)14(15)16/h3-7H,1-2H3. The Labute approximate surface area is 123 Å². The van der Waals surface area contributed by atoms with Crippen LogP contribution in [0, 0.1) is 10.1 Å². The quantitative estimate of drug-likeness (QED) is 0.472. The minimum Gasteiger partial charge on any atom is -0.258 e. The van der Waals surface area contributed by atoms with Crippen LogP contribution in [0.2, 0.25) is 0 Å². The van der Waals surface area contributed by atoms with Crippen LogP contribution < -0.4 is 0 Å². The van der Waals surface area contributed by atoms with Gasteiger partial charge in [0, 0.05) is 17.4 Å². The Kier molecular flexibility index (Phi) is 4.78. The molecular formula is C11H11N3O2S3. The zero-order valence-electron chi connectivity index (χ0n) is 10.3. The van der Waals surface area contributed by atoms with E-state index >= 15 is 0 Å². The average Bonchev–Trinajstić information content (AvgIpc) is 2.86. The number of non-ortho nitro benzene ring substituents is 1. The molecule has 2 aromatic rings. The molecule has 0 aliphatic rings. The van der Waals surface area contributed by atoms with E-state index in [4.69, 9.17) is 0 Å². The van der Waals surface area contributed by atoms with E-state index in [1.807, 2.05) is 19.2 Å². The third-order valence-corrected chi connectivity index (χ3v) is 5.53. The summed E-state index contributed by atoms with van der Waals surface area (Å²) in [7, 11) is 0. The van der Waals surface area contributed by atoms with Gasteiger partial charge in [0.25, 0.3) is 5.69 Å². The van der Waals surface area contributed by atoms with Crippen molar-refractivity contribution in [2.45, 2.75) is 20.9 Å². The van der Waals surface area contributed by atoms with Crippen molar-refractivity contribution in [2.75, 3.05) is 6.26 Å². The molecule has 8 heteroatoms. The lowest BCUT2D eigenvalue weighted by molar-refractivity contribution is -0.384. The van der Waals surface area contributed by atoms with Crippen molar-refractivity contribution in [1.29, 1.82) is 0 Å². The number of nitro groups is 1. The molecule has 0 bridgehead atoms. The van der Waals surface area contributed by atoms with Crippen molar-refractivity contribution in [3.8, 4) is 0 Å². The molecule has 1 aromatic carbocycles. The van der Waals surface area contributed by atoms with Crippen molar-refractivity contribution >= 4 is 40.5 Å². The maximum atomic E-state index is 10.8. The van der Waals surface area contributed by atoms with E-state index in [1.165, 1.54) is 17.4 Å². The van der Waals surface area contributed by atoms with Gasteiger partial charge in [-0.15, -0.1) is 10.2 Å². The molecular weight excluding hydrogens is 302 g/mol. The fourth-order valence-corrected chi connectivity index (χ4v) is 4.14. The van der Waals surface area contributed by atoms with Crippen LogP contribution >= 0.6 is 34.9 Å². The first kappa shape index (κ1) is 14.3. The lowest BCUT2D eigenvalue weighted by Gasteiger charge is -2.08. The van der Waals surface area contributed by atoms with Gasteiger partial charge >= 0.3 is 0 Å². The first-order valence-corrected chi connectivity index (χ1v) is 8.30. The van der Waals surface area contributed by atoms with Gasteiger partial charge in [0.2, 0.25) is 0 Å². The molecule has 1 atom stereocenters. The second-order valence-electron chi connectivity index (χ2n) is 3.65. The van der Waals surface area contributed by atoms with Gasteiger partial charge in [-0.05, 0) is 18.7 Å². The van der Waals surface area contributed by atoms with Crippen LogP contribution in [0.1, 0.15) is 17.7 Å². The molecule has 0 fully saturated rings. The number of thioether (sulfide) groups is 2. The van der Waals surface area contributed by atoms with Gasteiger partial charge in [0.05, 0.1) is 4.92 Å². The predicted octanol–water partition coefficient (Wildman–Crippen LogP) is 4.02. The Morgan fingerprint density at radius 1 is 1.37 bits per heavy atom. The topological polar surface area (TPSA) is 68.9 Å². The smallest absolute Gasteiger partial charge is 0.258 e.